The van der Waals surface area contributed by atoms with Crippen molar-refractivity contribution in [3.63, 3.8) is 0 Å². The molecule has 3 heteroatoms. The van der Waals surface area contributed by atoms with Gasteiger partial charge in [-0.3, -0.25) is 4.79 Å². The number of rotatable bonds is 6. The van der Waals surface area contributed by atoms with Crippen LogP contribution in [0.15, 0.2) is 18.2 Å². The van der Waals surface area contributed by atoms with Crippen LogP contribution in [0.25, 0.3) is 0 Å². The normalized spacial score (nSPS) is 10.9. The molecular weight excluding hydrogens is 212 g/mol. The number of nitrogens with two attached hydrogens (primary N) is 2. The largest absolute Gasteiger partial charge is 0.330 e. The molecular formula is C14H22N2O. The van der Waals surface area contributed by atoms with E-state index < -0.39 is 0 Å². The number of ketones is 1. The highest BCUT2D eigenvalue weighted by atomic mass is 16.1. The van der Waals surface area contributed by atoms with E-state index in [0.717, 1.165) is 29.5 Å². The van der Waals surface area contributed by atoms with Gasteiger partial charge in [-0.15, -0.1) is 0 Å². The number of benzene rings is 1. The van der Waals surface area contributed by atoms with Gasteiger partial charge in [-0.05, 0) is 30.5 Å². The van der Waals surface area contributed by atoms with Gasteiger partial charge < -0.3 is 11.5 Å². The zero-order chi connectivity index (χ0) is 12.8. The van der Waals surface area contributed by atoms with E-state index in [2.05, 4.69) is 0 Å². The second-order valence-corrected chi connectivity index (χ2v) is 4.56. The van der Waals surface area contributed by atoms with Crippen LogP contribution in [0.4, 0.5) is 0 Å². The minimum absolute atomic E-state index is 0.00468. The fourth-order valence-corrected chi connectivity index (χ4v) is 1.94. The van der Waals surface area contributed by atoms with E-state index in [9.17, 15) is 4.79 Å². The summed E-state index contributed by atoms with van der Waals surface area (Å²) < 4.78 is 0. The van der Waals surface area contributed by atoms with Crippen molar-refractivity contribution >= 4 is 5.78 Å². The third kappa shape index (κ3) is 3.38. The van der Waals surface area contributed by atoms with Crippen molar-refractivity contribution < 1.29 is 4.79 Å². The van der Waals surface area contributed by atoms with Crippen LogP contribution in [0.1, 0.15) is 41.8 Å². The molecule has 0 spiro atoms. The molecule has 0 heterocycles. The van der Waals surface area contributed by atoms with E-state index in [-0.39, 0.29) is 11.7 Å². The molecule has 0 aliphatic heterocycles. The molecule has 94 valence electrons. The van der Waals surface area contributed by atoms with E-state index in [1.807, 2.05) is 32.0 Å². The van der Waals surface area contributed by atoms with Gasteiger partial charge in [-0.25, -0.2) is 0 Å². The Morgan fingerprint density at radius 2 is 2.00 bits per heavy atom. The van der Waals surface area contributed by atoms with Crippen LogP contribution in [-0.2, 0) is 13.0 Å². The molecule has 3 nitrogen and oxygen atoms in total. The zero-order valence-electron chi connectivity index (χ0n) is 10.7. The molecule has 0 unspecified atom stereocenters. The first-order valence-corrected chi connectivity index (χ1v) is 6.17. The predicted molar refractivity (Wildman–Crippen MR) is 70.9 cm³/mol. The molecule has 0 fully saturated rings. The first-order valence-electron chi connectivity index (χ1n) is 6.17. The number of hydrogen-bond donors (Lipinski definition) is 2. The van der Waals surface area contributed by atoms with Gasteiger partial charge >= 0.3 is 0 Å². The van der Waals surface area contributed by atoms with Gasteiger partial charge in [0.25, 0.3) is 0 Å². The summed E-state index contributed by atoms with van der Waals surface area (Å²) in [6.45, 7) is 4.89. The predicted octanol–water partition coefficient (Wildman–Crippen LogP) is 1.88. The summed E-state index contributed by atoms with van der Waals surface area (Å²) in [5.74, 6) is 0.171. The Bertz CT molecular complexity index is 386. The number of carbonyl (C=O) groups excluding carboxylic acids is 1. The average Bonchev–Trinajstić information content (AvgIpc) is 2.34. The molecule has 0 saturated heterocycles. The maximum atomic E-state index is 12.1. The van der Waals surface area contributed by atoms with Gasteiger partial charge in [0.05, 0.1) is 0 Å². The van der Waals surface area contributed by atoms with E-state index in [0.29, 0.717) is 13.1 Å². The van der Waals surface area contributed by atoms with Crippen LogP contribution in [0, 0.1) is 5.92 Å². The van der Waals surface area contributed by atoms with Crippen LogP contribution in [0.2, 0.25) is 0 Å². The highest BCUT2D eigenvalue weighted by Gasteiger charge is 2.16. The minimum atomic E-state index is 0.00468. The lowest BCUT2D eigenvalue weighted by molar-refractivity contribution is 0.0938. The molecule has 0 aliphatic carbocycles. The Balaban J connectivity index is 3.09. The molecule has 1 rings (SSSR count). The molecule has 0 aliphatic rings. The highest BCUT2D eigenvalue weighted by Crippen LogP contribution is 2.19. The lowest BCUT2D eigenvalue weighted by Crippen LogP contribution is -2.15. The quantitative estimate of drug-likeness (QED) is 0.738. The van der Waals surface area contributed by atoms with Crippen molar-refractivity contribution in [2.45, 2.75) is 33.2 Å². The van der Waals surface area contributed by atoms with Gasteiger partial charge in [0.2, 0.25) is 0 Å². The molecule has 1 aromatic rings. The molecule has 17 heavy (non-hydrogen) atoms. The average molecular weight is 234 g/mol. The molecule has 1 aromatic carbocycles. The summed E-state index contributed by atoms with van der Waals surface area (Å²) in [5, 5.41) is 0. The number of aryl methyl sites for hydroxylation is 1. The third-order valence-electron chi connectivity index (χ3n) is 2.92. The highest BCUT2D eigenvalue weighted by molar-refractivity contribution is 5.99. The molecule has 0 saturated carbocycles. The first kappa shape index (κ1) is 13.9. The SMILES string of the molecule is CC(C)C(=O)c1cccc(CCCN)c1CN. The van der Waals surface area contributed by atoms with Crippen LogP contribution in [0.5, 0.6) is 0 Å². The fourth-order valence-electron chi connectivity index (χ4n) is 1.94. The standard InChI is InChI=1S/C14H22N2O/c1-10(2)14(17)12-7-3-5-11(6-4-8-15)13(12)9-16/h3,5,7,10H,4,6,8-9,15-16H2,1-2H3. The van der Waals surface area contributed by atoms with Gasteiger partial charge in [-0.2, -0.15) is 0 Å². The Labute approximate surface area is 103 Å². The second-order valence-electron chi connectivity index (χ2n) is 4.56. The lowest BCUT2D eigenvalue weighted by Gasteiger charge is -2.14. The molecule has 0 radical (unpaired) electrons. The van der Waals surface area contributed by atoms with Crippen LogP contribution in [-0.4, -0.2) is 12.3 Å². The summed E-state index contributed by atoms with van der Waals surface area (Å²) in [6, 6.07) is 5.84. The lowest BCUT2D eigenvalue weighted by atomic mass is 9.91. The van der Waals surface area contributed by atoms with Gasteiger partial charge in [0, 0.05) is 18.0 Å². The summed E-state index contributed by atoms with van der Waals surface area (Å²) in [7, 11) is 0. The zero-order valence-corrected chi connectivity index (χ0v) is 10.7. The van der Waals surface area contributed by atoms with Gasteiger partial charge in [-0.1, -0.05) is 32.0 Å². The van der Waals surface area contributed by atoms with E-state index in [4.69, 9.17) is 11.5 Å². The van der Waals surface area contributed by atoms with Gasteiger partial charge in [0.1, 0.15) is 0 Å². The smallest absolute Gasteiger partial charge is 0.165 e. The van der Waals surface area contributed by atoms with Crippen molar-refractivity contribution in [3.8, 4) is 0 Å². The summed E-state index contributed by atoms with van der Waals surface area (Å²) in [6.07, 6.45) is 1.81. The van der Waals surface area contributed by atoms with Crippen molar-refractivity contribution in [1.82, 2.24) is 0 Å². The van der Waals surface area contributed by atoms with Crippen LogP contribution < -0.4 is 11.5 Å². The summed E-state index contributed by atoms with van der Waals surface area (Å²) >= 11 is 0. The topological polar surface area (TPSA) is 69.1 Å². The summed E-state index contributed by atoms with van der Waals surface area (Å²) in [5.41, 5.74) is 14.2. The Morgan fingerprint density at radius 1 is 1.29 bits per heavy atom. The maximum Gasteiger partial charge on any atom is 0.165 e. The minimum Gasteiger partial charge on any atom is -0.330 e. The van der Waals surface area contributed by atoms with Crippen molar-refractivity contribution in [2.24, 2.45) is 17.4 Å². The second kappa shape index (κ2) is 6.52. The first-order chi connectivity index (χ1) is 8.11. The Morgan fingerprint density at radius 3 is 2.53 bits per heavy atom. The Hall–Kier alpha value is -1.19. The van der Waals surface area contributed by atoms with Gasteiger partial charge in [0.15, 0.2) is 5.78 Å². The molecule has 0 aromatic heterocycles. The fraction of sp³-hybridized carbons (Fsp3) is 0.500. The van der Waals surface area contributed by atoms with Crippen molar-refractivity contribution in [2.75, 3.05) is 6.54 Å². The van der Waals surface area contributed by atoms with E-state index in [1.54, 1.807) is 0 Å². The maximum absolute atomic E-state index is 12.1. The number of carbonyl (C=O) groups is 1. The monoisotopic (exact) mass is 234 g/mol. The molecule has 4 N–H and O–H groups in total. The Kier molecular flexibility index (Phi) is 5.32. The number of hydrogen-bond acceptors (Lipinski definition) is 3. The van der Waals surface area contributed by atoms with Crippen molar-refractivity contribution in [1.29, 1.82) is 0 Å². The van der Waals surface area contributed by atoms with E-state index >= 15 is 0 Å². The molecule has 0 amide bonds. The molecule has 0 atom stereocenters. The van der Waals surface area contributed by atoms with E-state index in [1.165, 1.54) is 0 Å². The number of Topliss-reactive ketones (excluding diaryl/α,β-unsaturated/α-hetero) is 1. The van der Waals surface area contributed by atoms with Crippen molar-refractivity contribution in [3.05, 3.63) is 34.9 Å². The van der Waals surface area contributed by atoms with Crippen LogP contribution in [0.3, 0.4) is 0 Å². The summed E-state index contributed by atoms with van der Waals surface area (Å²) in [4.78, 5) is 12.1. The third-order valence-corrected chi connectivity index (χ3v) is 2.92. The molecule has 0 bridgehead atoms. The van der Waals surface area contributed by atoms with Crippen LogP contribution >= 0.6 is 0 Å².